The Kier molecular flexibility index (Phi) is 3.72. The fourth-order valence-electron chi connectivity index (χ4n) is 2.67. The van der Waals surface area contributed by atoms with Crippen molar-refractivity contribution in [3.63, 3.8) is 0 Å². The van der Waals surface area contributed by atoms with Gasteiger partial charge >= 0.3 is 0 Å². The highest BCUT2D eigenvalue weighted by Gasteiger charge is 2.30. The SMILES string of the molecule is CCN(CC1(C)CCNC1)c1cccc(C)c1. The first-order chi connectivity index (χ1) is 8.13. The number of hydrogen-bond donors (Lipinski definition) is 1. The van der Waals surface area contributed by atoms with Crippen molar-refractivity contribution in [2.24, 2.45) is 5.41 Å². The third-order valence-corrected chi connectivity index (χ3v) is 3.78. The van der Waals surface area contributed by atoms with Gasteiger partial charge in [-0.05, 0) is 49.9 Å². The van der Waals surface area contributed by atoms with E-state index in [0.29, 0.717) is 5.41 Å². The van der Waals surface area contributed by atoms with E-state index >= 15 is 0 Å². The number of benzene rings is 1. The summed E-state index contributed by atoms with van der Waals surface area (Å²) >= 11 is 0. The zero-order valence-corrected chi connectivity index (χ0v) is 11.3. The van der Waals surface area contributed by atoms with Crippen molar-refractivity contribution >= 4 is 5.69 Å². The van der Waals surface area contributed by atoms with Crippen molar-refractivity contribution in [1.29, 1.82) is 0 Å². The summed E-state index contributed by atoms with van der Waals surface area (Å²) < 4.78 is 0. The third-order valence-electron chi connectivity index (χ3n) is 3.78. The van der Waals surface area contributed by atoms with Crippen molar-refractivity contribution < 1.29 is 0 Å². The molecule has 0 bridgehead atoms. The Hall–Kier alpha value is -1.02. The van der Waals surface area contributed by atoms with Crippen molar-refractivity contribution in [1.82, 2.24) is 5.32 Å². The van der Waals surface area contributed by atoms with Crippen LogP contribution >= 0.6 is 0 Å². The van der Waals surface area contributed by atoms with Gasteiger partial charge in [0.05, 0.1) is 0 Å². The highest BCUT2D eigenvalue weighted by Crippen LogP contribution is 2.28. The predicted octanol–water partition coefficient (Wildman–Crippen LogP) is 2.82. The van der Waals surface area contributed by atoms with Gasteiger partial charge in [0.25, 0.3) is 0 Å². The zero-order valence-electron chi connectivity index (χ0n) is 11.3. The highest BCUT2D eigenvalue weighted by atomic mass is 15.1. The number of anilines is 1. The first-order valence-electron chi connectivity index (χ1n) is 6.65. The van der Waals surface area contributed by atoms with Gasteiger partial charge in [0, 0.05) is 25.3 Å². The van der Waals surface area contributed by atoms with E-state index in [1.165, 1.54) is 24.2 Å². The third kappa shape index (κ3) is 3.01. The Labute approximate surface area is 105 Å². The normalized spacial score (nSPS) is 23.9. The van der Waals surface area contributed by atoms with E-state index in [0.717, 1.165) is 19.6 Å². The summed E-state index contributed by atoms with van der Waals surface area (Å²) in [4.78, 5) is 2.50. The monoisotopic (exact) mass is 232 g/mol. The lowest BCUT2D eigenvalue weighted by molar-refractivity contribution is 0.366. The highest BCUT2D eigenvalue weighted by molar-refractivity contribution is 5.48. The summed E-state index contributed by atoms with van der Waals surface area (Å²) in [6.45, 7) is 11.4. The maximum atomic E-state index is 3.48. The molecule has 0 spiro atoms. The summed E-state index contributed by atoms with van der Waals surface area (Å²) in [5, 5.41) is 3.48. The molecule has 1 heterocycles. The summed E-state index contributed by atoms with van der Waals surface area (Å²) in [6.07, 6.45) is 1.29. The Bertz CT molecular complexity index is 367. The van der Waals surface area contributed by atoms with Crippen LogP contribution in [-0.4, -0.2) is 26.2 Å². The molecule has 0 aromatic heterocycles. The molecule has 0 radical (unpaired) electrons. The smallest absolute Gasteiger partial charge is 0.0368 e. The van der Waals surface area contributed by atoms with Crippen LogP contribution < -0.4 is 10.2 Å². The molecule has 1 atom stereocenters. The molecule has 2 nitrogen and oxygen atoms in total. The summed E-state index contributed by atoms with van der Waals surface area (Å²) in [5.41, 5.74) is 3.14. The maximum absolute atomic E-state index is 3.48. The molecule has 2 rings (SSSR count). The first kappa shape index (κ1) is 12.4. The Morgan fingerprint density at radius 1 is 1.41 bits per heavy atom. The van der Waals surface area contributed by atoms with Gasteiger partial charge in [-0.1, -0.05) is 19.1 Å². The van der Waals surface area contributed by atoms with Crippen LogP contribution in [0.25, 0.3) is 0 Å². The van der Waals surface area contributed by atoms with E-state index in [4.69, 9.17) is 0 Å². The molecule has 1 aliphatic heterocycles. The molecule has 1 aliphatic rings. The van der Waals surface area contributed by atoms with Gasteiger partial charge in [-0.2, -0.15) is 0 Å². The molecule has 0 saturated carbocycles. The standard InChI is InChI=1S/C15H24N2/c1-4-17(12-15(3)8-9-16-11-15)14-7-5-6-13(2)10-14/h5-7,10,16H,4,8-9,11-12H2,1-3H3. The molecule has 17 heavy (non-hydrogen) atoms. The maximum Gasteiger partial charge on any atom is 0.0368 e. The minimum Gasteiger partial charge on any atom is -0.371 e. The van der Waals surface area contributed by atoms with E-state index in [2.05, 4.69) is 55.3 Å². The predicted molar refractivity (Wildman–Crippen MR) is 74.7 cm³/mol. The van der Waals surface area contributed by atoms with Crippen molar-refractivity contribution in [2.75, 3.05) is 31.1 Å². The van der Waals surface area contributed by atoms with Crippen LogP contribution in [0, 0.1) is 12.3 Å². The van der Waals surface area contributed by atoms with Crippen LogP contribution in [0.1, 0.15) is 25.8 Å². The molecule has 1 aromatic rings. The van der Waals surface area contributed by atoms with Gasteiger partial charge < -0.3 is 10.2 Å². The molecule has 2 heteroatoms. The molecular weight excluding hydrogens is 208 g/mol. The Morgan fingerprint density at radius 3 is 2.82 bits per heavy atom. The van der Waals surface area contributed by atoms with Crippen LogP contribution in [0.4, 0.5) is 5.69 Å². The van der Waals surface area contributed by atoms with Crippen molar-refractivity contribution in [3.05, 3.63) is 29.8 Å². The Morgan fingerprint density at radius 2 is 2.24 bits per heavy atom. The molecule has 0 aliphatic carbocycles. The van der Waals surface area contributed by atoms with Gasteiger partial charge in [-0.15, -0.1) is 0 Å². The van der Waals surface area contributed by atoms with Crippen LogP contribution in [0.15, 0.2) is 24.3 Å². The summed E-state index contributed by atoms with van der Waals surface area (Å²) in [6, 6.07) is 8.83. The van der Waals surface area contributed by atoms with Gasteiger partial charge in [0.1, 0.15) is 0 Å². The lowest BCUT2D eigenvalue weighted by atomic mass is 9.89. The molecule has 0 amide bonds. The molecule has 1 aromatic carbocycles. The second-order valence-corrected chi connectivity index (χ2v) is 5.59. The van der Waals surface area contributed by atoms with Crippen molar-refractivity contribution in [2.45, 2.75) is 27.2 Å². The second-order valence-electron chi connectivity index (χ2n) is 5.59. The fourth-order valence-corrected chi connectivity index (χ4v) is 2.67. The number of nitrogens with zero attached hydrogens (tertiary/aromatic N) is 1. The second kappa shape index (κ2) is 5.09. The largest absolute Gasteiger partial charge is 0.371 e. The molecule has 1 fully saturated rings. The van der Waals surface area contributed by atoms with E-state index in [9.17, 15) is 0 Å². The molecule has 1 unspecified atom stereocenters. The zero-order chi connectivity index (χ0) is 12.3. The molecule has 1 N–H and O–H groups in total. The molecule has 1 saturated heterocycles. The first-order valence-corrected chi connectivity index (χ1v) is 6.65. The van der Waals surface area contributed by atoms with Gasteiger partial charge in [0.2, 0.25) is 0 Å². The minimum atomic E-state index is 0.430. The number of nitrogens with one attached hydrogen (secondary N) is 1. The molecular formula is C15H24N2. The Balaban J connectivity index is 2.11. The minimum absolute atomic E-state index is 0.430. The van der Waals surface area contributed by atoms with Crippen LogP contribution in [-0.2, 0) is 0 Å². The van der Waals surface area contributed by atoms with E-state index in [-0.39, 0.29) is 0 Å². The van der Waals surface area contributed by atoms with Crippen molar-refractivity contribution in [3.8, 4) is 0 Å². The average Bonchev–Trinajstić information content (AvgIpc) is 2.73. The molecule has 94 valence electrons. The van der Waals surface area contributed by atoms with Crippen LogP contribution in [0.2, 0.25) is 0 Å². The lowest BCUT2D eigenvalue weighted by Crippen LogP contribution is -2.37. The summed E-state index contributed by atoms with van der Waals surface area (Å²) in [5.74, 6) is 0. The van der Waals surface area contributed by atoms with E-state index in [1.807, 2.05) is 0 Å². The van der Waals surface area contributed by atoms with E-state index < -0.39 is 0 Å². The quantitative estimate of drug-likeness (QED) is 0.858. The van der Waals surface area contributed by atoms with Gasteiger partial charge in [0.15, 0.2) is 0 Å². The fraction of sp³-hybridized carbons (Fsp3) is 0.600. The topological polar surface area (TPSA) is 15.3 Å². The average molecular weight is 232 g/mol. The number of aryl methyl sites for hydroxylation is 1. The summed E-state index contributed by atoms with van der Waals surface area (Å²) in [7, 11) is 0. The lowest BCUT2D eigenvalue weighted by Gasteiger charge is -2.33. The number of rotatable bonds is 4. The van der Waals surface area contributed by atoms with Gasteiger partial charge in [-0.25, -0.2) is 0 Å². The van der Waals surface area contributed by atoms with Gasteiger partial charge in [-0.3, -0.25) is 0 Å². The van der Waals surface area contributed by atoms with E-state index in [1.54, 1.807) is 0 Å². The van der Waals surface area contributed by atoms with Crippen LogP contribution in [0.3, 0.4) is 0 Å². The number of hydrogen-bond acceptors (Lipinski definition) is 2. The van der Waals surface area contributed by atoms with Crippen LogP contribution in [0.5, 0.6) is 0 Å².